The van der Waals surface area contributed by atoms with Crippen LogP contribution in [0.2, 0.25) is 0 Å². The van der Waals surface area contributed by atoms with Crippen LogP contribution < -0.4 is 5.32 Å². The fourth-order valence-corrected chi connectivity index (χ4v) is 2.96. The van der Waals surface area contributed by atoms with Crippen molar-refractivity contribution >= 4 is 0 Å². The van der Waals surface area contributed by atoms with E-state index in [1.165, 1.54) is 12.1 Å². The molecule has 1 N–H and O–H groups in total. The number of nitrogens with one attached hydrogen (secondary N) is 1. The normalized spacial score (nSPS) is 18.1. The third-order valence-corrected chi connectivity index (χ3v) is 4.23. The number of hydrogen-bond donors (Lipinski definition) is 1. The standard InChI is InChI=1S/C16H23F3N2/c1-20-9-6-13-7-10-21(11-8-13)12-14-4-2-3-5-15(14)16(17,18)19/h2-5,13,20H,6-12H2,1H3. The van der Waals surface area contributed by atoms with E-state index in [-0.39, 0.29) is 0 Å². The van der Waals surface area contributed by atoms with Crippen molar-refractivity contribution in [1.29, 1.82) is 0 Å². The van der Waals surface area contributed by atoms with Gasteiger partial charge < -0.3 is 5.32 Å². The van der Waals surface area contributed by atoms with Crippen LogP contribution in [0.3, 0.4) is 0 Å². The van der Waals surface area contributed by atoms with Gasteiger partial charge in [0, 0.05) is 6.54 Å². The first kappa shape index (κ1) is 16.3. The summed E-state index contributed by atoms with van der Waals surface area (Å²) in [6.45, 7) is 3.19. The summed E-state index contributed by atoms with van der Waals surface area (Å²) in [5.41, 5.74) is -0.110. The van der Waals surface area contributed by atoms with Gasteiger partial charge in [-0.3, -0.25) is 4.90 Å². The van der Waals surface area contributed by atoms with Crippen LogP contribution >= 0.6 is 0 Å². The van der Waals surface area contributed by atoms with Crippen LogP contribution in [0.1, 0.15) is 30.4 Å². The highest BCUT2D eigenvalue weighted by Crippen LogP contribution is 2.33. The number of likely N-dealkylation sites (tertiary alicyclic amines) is 1. The lowest BCUT2D eigenvalue weighted by Crippen LogP contribution is -2.34. The quantitative estimate of drug-likeness (QED) is 0.895. The van der Waals surface area contributed by atoms with E-state index >= 15 is 0 Å². The van der Waals surface area contributed by atoms with Crippen molar-refractivity contribution in [3.63, 3.8) is 0 Å². The summed E-state index contributed by atoms with van der Waals surface area (Å²) in [5, 5.41) is 3.15. The molecule has 2 nitrogen and oxygen atoms in total. The summed E-state index contributed by atoms with van der Waals surface area (Å²) in [4.78, 5) is 2.14. The van der Waals surface area contributed by atoms with Crippen molar-refractivity contribution in [3.05, 3.63) is 35.4 Å². The summed E-state index contributed by atoms with van der Waals surface area (Å²) in [6, 6.07) is 5.91. The van der Waals surface area contributed by atoms with Crippen molar-refractivity contribution < 1.29 is 13.2 Å². The summed E-state index contributed by atoms with van der Waals surface area (Å²) in [7, 11) is 1.95. The molecule has 2 rings (SSSR count). The van der Waals surface area contributed by atoms with Crippen LogP contribution in [0.5, 0.6) is 0 Å². The first-order valence-electron chi connectivity index (χ1n) is 7.52. The van der Waals surface area contributed by atoms with Crippen LogP contribution in [0, 0.1) is 5.92 Å². The molecule has 5 heteroatoms. The van der Waals surface area contributed by atoms with Crippen molar-refractivity contribution in [2.24, 2.45) is 5.92 Å². The molecule has 21 heavy (non-hydrogen) atoms. The third-order valence-electron chi connectivity index (χ3n) is 4.23. The third kappa shape index (κ3) is 4.71. The molecule has 0 amide bonds. The van der Waals surface area contributed by atoms with Gasteiger partial charge in [0.1, 0.15) is 0 Å². The van der Waals surface area contributed by atoms with Crippen molar-refractivity contribution in [1.82, 2.24) is 10.2 Å². The molecule has 1 aromatic carbocycles. The van der Waals surface area contributed by atoms with Crippen LogP contribution in [-0.4, -0.2) is 31.6 Å². The Morgan fingerprint density at radius 2 is 1.86 bits per heavy atom. The zero-order valence-corrected chi connectivity index (χ0v) is 12.4. The topological polar surface area (TPSA) is 15.3 Å². The summed E-state index contributed by atoms with van der Waals surface area (Å²) in [6.07, 6.45) is -0.948. The maximum atomic E-state index is 13.0. The lowest BCUT2D eigenvalue weighted by Gasteiger charge is -2.32. The molecule has 1 aliphatic heterocycles. The van der Waals surface area contributed by atoms with E-state index in [4.69, 9.17) is 0 Å². The van der Waals surface area contributed by atoms with E-state index < -0.39 is 11.7 Å². The molecule has 1 aliphatic rings. The Balaban J connectivity index is 1.92. The second kappa shape index (κ2) is 7.27. The van der Waals surface area contributed by atoms with Gasteiger partial charge in [0.05, 0.1) is 5.56 Å². The zero-order chi connectivity index (χ0) is 15.3. The smallest absolute Gasteiger partial charge is 0.320 e. The van der Waals surface area contributed by atoms with Gasteiger partial charge in [0.15, 0.2) is 0 Å². The number of piperidine rings is 1. The Hall–Kier alpha value is -1.07. The molecule has 0 bridgehead atoms. The molecule has 118 valence electrons. The Labute approximate surface area is 124 Å². The molecule has 0 aromatic heterocycles. The van der Waals surface area contributed by atoms with E-state index in [0.29, 0.717) is 18.0 Å². The monoisotopic (exact) mass is 300 g/mol. The van der Waals surface area contributed by atoms with Crippen LogP contribution in [0.4, 0.5) is 13.2 Å². The molecule has 1 heterocycles. The second-order valence-electron chi connectivity index (χ2n) is 5.77. The van der Waals surface area contributed by atoms with Gasteiger partial charge in [-0.15, -0.1) is 0 Å². The summed E-state index contributed by atoms with van der Waals surface area (Å²) >= 11 is 0. The van der Waals surface area contributed by atoms with Gasteiger partial charge in [-0.2, -0.15) is 13.2 Å². The van der Waals surface area contributed by atoms with Gasteiger partial charge in [-0.1, -0.05) is 18.2 Å². The maximum absolute atomic E-state index is 13.0. The molecule has 1 fully saturated rings. The molecular weight excluding hydrogens is 277 g/mol. The van der Waals surface area contributed by atoms with Crippen LogP contribution in [0.25, 0.3) is 0 Å². The Morgan fingerprint density at radius 1 is 1.19 bits per heavy atom. The van der Waals surface area contributed by atoms with E-state index in [1.54, 1.807) is 12.1 Å². The van der Waals surface area contributed by atoms with Crippen LogP contribution in [0.15, 0.2) is 24.3 Å². The number of halogens is 3. The average molecular weight is 300 g/mol. The highest BCUT2D eigenvalue weighted by atomic mass is 19.4. The van der Waals surface area contributed by atoms with Crippen molar-refractivity contribution in [2.75, 3.05) is 26.7 Å². The number of alkyl halides is 3. The van der Waals surface area contributed by atoms with Gasteiger partial charge in [0.25, 0.3) is 0 Å². The SMILES string of the molecule is CNCCC1CCN(Cc2ccccc2C(F)(F)F)CC1. The number of benzene rings is 1. The number of rotatable bonds is 5. The molecular formula is C16H23F3N2. The Kier molecular flexibility index (Phi) is 5.65. The fourth-order valence-electron chi connectivity index (χ4n) is 2.96. The number of hydrogen-bond acceptors (Lipinski definition) is 2. The van der Waals surface area contributed by atoms with Crippen LogP contribution in [-0.2, 0) is 12.7 Å². The number of nitrogens with zero attached hydrogens (tertiary/aromatic N) is 1. The van der Waals surface area contributed by atoms with Gasteiger partial charge in [0.2, 0.25) is 0 Å². The largest absolute Gasteiger partial charge is 0.416 e. The molecule has 0 atom stereocenters. The molecule has 0 radical (unpaired) electrons. The van der Waals surface area contributed by atoms with E-state index in [0.717, 1.165) is 38.9 Å². The minimum Gasteiger partial charge on any atom is -0.320 e. The lowest BCUT2D eigenvalue weighted by atomic mass is 9.93. The average Bonchev–Trinajstić information content (AvgIpc) is 2.46. The maximum Gasteiger partial charge on any atom is 0.416 e. The van der Waals surface area contributed by atoms with Gasteiger partial charge in [-0.25, -0.2) is 0 Å². The molecule has 0 spiro atoms. The minimum absolute atomic E-state index is 0.388. The molecule has 0 aliphatic carbocycles. The Bertz CT molecular complexity index is 437. The van der Waals surface area contributed by atoms with Gasteiger partial charge >= 0.3 is 6.18 Å². The predicted octanol–water partition coefficient (Wildman–Crippen LogP) is 3.53. The Morgan fingerprint density at radius 3 is 2.48 bits per heavy atom. The first-order chi connectivity index (χ1) is 10.0. The van der Waals surface area contributed by atoms with Crippen molar-refractivity contribution in [2.45, 2.75) is 32.0 Å². The minimum atomic E-state index is -4.26. The van der Waals surface area contributed by atoms with Gasteiger partial charge in [-0.05, 0) is 63.5 Å². The zero-order valence-electron chi connectivity index (χ0n) is 12.4. The predicted molar refractivity (Wildman–Crippen MR) is 78.0 cm³/mol. The van der Waals surface area contributed by atoms with E-state index in [2.05, 4.69) is 10.2 Å². The lowest BCUT2D eigenvalue weighted by molar-refractivity contribution is -0.138. The highest BCUT2D eigenvalue weighted by Gasteiger charge is 2.33. The highest BCUT2D eigenvalue weighted by molar-refractivity contribution is 5.29. The van der Waals surface area contributed by atoms with E-state index in [9.17, 15) is 13.2 Å². The summed E-state index contributed by atoms with van der Waals surface area (Å²) < 4.78 is 38.9. The fraction of sp³-hybridized carbons (Fsp3) is 0.625. The van der Waals surface area contributed by atoms with E-state index in [1.807, 2.05) is 7.05 Å². The second-order valence-corrected chi connectivity index (χ2v) is 5.77. The van der Waals surface area contributed by atoms with Crippen molar-refractivity contribution in [3.8, 4) is 0 Å². The molecule has 0 saturated carbocycles. The first-order valence-corrected chi connectivity index (χ1v) is 7.52. The molecule has 1 aromatic rings. The molecule has 1 saturated heterocycles. The summed E-state index contributed by atoms with van der Waals surface area (Å²) in [5.74, 6) is 0.701. The molecule has 0 unspecified atom stereocenters.